The molecule has 2 heterocycles. The summed E-state index contributed by atoms with van der Waals surface area (Å²) in [6.45, 7) is 1.95. The highest BCUT2D eigenvalue weighted by Crippen LogP contribution is 2.27. The molecule has 1 saturated heterocycles. The molecule has 1 fully saturated rings. The van der Waals surface area contributed by atoms with Crippen molar-refractivity contribution in [3.05, 3.63) is 57.8 Å². The highest BCUT2D eigenvalue weighted by molar-refractivity contribution is 7.07. The standard InChI is InChI=1S/C16H17F2NO2S/c17-12-2-1-3-13(18)16(12)14(20)8-19-5-6-21-15(9-19)11-4-7-22-10-11/h1-4,7,10,14-15,20H,5-6,8-9H2. The molecule has 1 aliphatic heterocycles. The Labute approximate surface area is 131 Å². The topological polar surface area (TPSA) is 32.7 Å². The number of hydrogen-bond donors (Lipinski definition) is 1. The van der Waals surface area contributed by atoms with Crippen molar-refractivity contribution in [2.45, 2.75) is 12.2 Å². The second-order valence-electron chi connectivity index (χ2n) is 5.33. The molecule has 0 saturated carbocycles. The van der Waals surface area contributed by atoms with Crippen LogP contribution in [0.15, 0.2) is 35.0 Å². The van der Waals surface area contributed by atoms with Gasteiger partial charge in [-0.25, -0.2) is 8.78 Å². The van der Waals surface area contributed by atoms with Gasteiger partial charge in [0.15, 0.2) is 0 Å². The van der Waals surface area contributed by atoms with E-state index in [2.05, 4.69) is 0 Å². The van der Waals surface area contributed by atoms with Crippen molar-refractivity contribution >= 4 is 11.3 Å². The number of benzene rings is 1. The van der Waals surface area contributed by atoms with Crippen molar-refractivity contribution in [1.82, 2.24) is 4.90 Å². The number of aliphatic hydroxyl groups excluding tert-OH is 1. The minimum Gasteiger partial charge on any atom is -0.387 e. The number of aliphatic hydroxyl groups is 1. The highest BCUT2D eigenvalue weighted by atomic mass is 32.1. The predicted molar refractivity (Wildman–Crippen MR) is 80.8 cm³/mol. The highest BCUT2D eigenvalue weighted by Gasteiger charge is 2.26. The second kappa shape index (κ2) is 6.83. The fourth-order valence-corrected chi connectivity index (χ4v) is 3.39. The largest absolute Gasteiger partial charge is 0.387 e. The molecule has 1 aromatic carbocycles. The molecule has 22 heavy (non-hydrogen) atoms. The lowest BCUT2D eigenvalue weighted by Crippen LogP contribution is -2.40. The van der Waals surface area contributed by atoms with Crippen LogP contribution >= 0.6 is 11.3 Å². The van der Waals surface area contributed by atoms with E-state index in [1.165, 1.54) is 6.07 Å². The van der Waals surface area contributed by atoms with Crippen LogP contribution < -0.4 is 0 Å². The van der Waals surface area contributed by atoms with Crippen LogP contribution in [0, 0.1) is 11.6 Å². The monoisotopic (exact) mass is 325 g/mol. The molecule has 3 rings (SSSR count). The maximum atomic E-state index is 13.7. The Bertz CT molecular complexity index is 600. The van der Waals surface area contributed by atoms with Gasteiger partial charge < -0.3 is 9.84 Å². The van der Waals surface area contributed by atoms with Gasteiger partial charge in [-0.3, -0.25) is 4.90 Å². The Morgan fingerprint density at radius 2 is 2.09 bits per heavy atom. The average Bonchev–Trinajstić information content (AvgIpc) is 3.01. The minimum atomic E-state index is -1.19. The SMILES string of the molecule is OC(CN1CCOC(c2ccsc2)C1)c1c(F)cccc1F. The van der Waals surface area contributed by atoms with Crippen molar-refractivity contribution in [1.29, 1.82) is 0 Å². The van der Waals surface area contributed by atoms with E-state index in [1.54, 1.807) is 11.3 Å². The first-order chi connectivity index (χ1) is 10.6. The molecule has 1 N–H and O–H groups in total. The van der Waals surface area contributed by atoms with Crippen molar-refractivity contribution in [2.24, 2.45) is 0 Å². The van der Waals surface area contributed by atoms with Crippen LogP contribution in [-0.4, -0.2) is 36.2 Å². The molecule has 0 spiro atoms. The van der Waals surface area contributed by atoms with Gasteiger partial charge in [-0.05, 0) is 34.5 Å². The predicted octanol–water partition coefficient (Wildman–Crippen LogP) is 3.13. The van der Waals surface area contributed by atoms with Gasteiger partial charge in [0, 0.05) is 19.6 Å². The fourth-order valence-electron chi connectivity index (χ4n) is 2.69. The van der Waals surface area contributed by atoms with Crippen LogP contribution in [-0.2, 0) is 4.74 Å². The van der Waals surface area contributed by atoms with Gasteiger partial charge in [-0.1, -0.05) is 6.07 Å². The first-order valence-corrected chi connectivity index (χ1v) is 8.07. The third kappa shape index (κ3) is 3.35. The smallest absolute Gasteiger partial charge is 0.131 e. The first-order valence-electron chi connectivity index (χ1n) is 7.13. The molecule has 0 radical (unpaired) electrons. The van der Waals surface area contributed by atoms with Crippen LogP contribution in [0.5, 0.6) is 0 Å². The van der Waals surface area contributed by atoms with Gasteiger partial charge in [0.1, 0.15) is 11.6 Å². The molecule has 6 heteroatoms. The first kappa shape index (κ1) is 15.6. The summed E-state index contributed by atoms with van der Waals surface area (Å²) in [5, 5.41) is 14.2. The molecule has 118 valence electrons. The maximum Gasteiger partial charge on any atom is 0.131 e. The van der Waals surface area contributed by atoms with Crippen molar-refractivity contribution in [3.63, 3.8) is 0 Å². The quantitative estimate of drug-likeness (QED) is 0.937. The van der Waals surface area contributed by atoms with Gasteiger partial charge in [0.25, 0.3) is 0 Å². The summed E-state index contributed by atoms with van der Waals surface area (Å²) in [6, 6.07) is 5.62. The van der Waals surface area contributed by atoms with E-state index in [0.29, 0.717) is 19.7 Å². The van der Waals surface area contributed by atoms with Crippen LogP contribution in [0.4, 0.5) is 8.78 Å². The minimum absolute atomic E-state index is 0.0577. The van der Waals surface area contributed by atoms with Crippen LogP contribution in [0.2, 0.25) is 0 Å². The van der Waals surface area contributed by atoms with Gasteiger partial charge in [0.2, 0.25) is 0 Å². The third-order valence-corrected chi connectivity index (χ3v) is 4.53. The summed E-state index contributed by atoms with van der Waals surface area (Å²) < 4.78 is 33.1. The summed E-state index contributed by atoms with van der Waals surface area (Å²) in [7, 11) is 0. The fraction of sp³-hybridized carbons (Fsp3) is 0.375. The maximum absolute atomic E-state index is 13.7. The third-order valence-electron chi connectivity index (χ3n) is 3.83. The van der Waals surface area contributed by atoms with Gasteiger partial charge in [0.05, 0.1) is 24.4 Å². The molecular weight excluding hydrogens is 308 g/mol. The van der Waals surface area contributed by atoms with Crippen molar-refractivity contribution in [2.75, 3.05) is 26.2 Å². The number of ether oxygens (including phenoxy) is 1. The van der Waals surface area contributed by atoms with Crippen LogP contribution in [0.1, 0.15) is 23.3 Å². The zero-order valence-electron chi connectivity index (χ0n) is 11.9. The van der Waals surface area contributed by atoms with E-state index < -0.39 is 17.7 Å². The summed E-state index contributed by atoms with van der Waals surface area (Å²) in [5.41, 5.74) is 0.835. The van der Waals surface area contributed by atoms with Crippen molar-refractivity contribution < 1.29 is 18.6 Å². The number of nitrogens with zero attached hydrogens (tertiary/aromatic N) is 1. The molecule has 3 nitrogen and oxygen atoms in total. The number of β-amino-alcohol motifs (C(OH)–C–C–N with tert-alkyl or cyclic N) is 1. The summed E-state index contributed by atoms with van der Waals surface area (Å²) >= 11 is 1.60. The molecule has 2 unspecified atom stereocenters. The number of morpholine rings is 1. The molecule has 1 aliphatic rings. The van der Waals surface area contributed by atoms with Crippen molar-refractivity contribution in [3.8, 4) is 0 Å². The summed E-state index contributed by atoms with van der Waals surface area (Å²) in [4.78, 5) is 1.97. The van der Waals surface area contributed by atoms with E-state index in [0.717, 1.165) is 17.7 Å². The lowest BCUT2D eigenvalue weighted by Gasteiger charge is -2.34. The number of rotatable bonds is 4. The number of hydrogen-bond acceptors (Lipinski definition) is 4. The molecule has 2 aromatic rings. The Kier molecular flexibility index (Phi) is 4.83. The Morgan fingerprint density at radius 1 is 1.32 bits per heavy atom. The zero-order chi connectivity index (χ0) is 15.5. The number of halogens is 2. The van der Waals surface area contributed by atoms with E-state index in [1.807, 2.05) is 21.7 Å². The Morgan fingerprint density at radius 3 is 2.77 bits per heavy atom. The second-order valence-corrected chi connectivity index (χ2v) is 6.11. The van der Waals surface area contributed by atoms with E-state index in [-0.39, 0.29) is 18.2 Å². The van der Waals surface area contributed by atoms with E-state index >= 15 is 0 Å². The zero-order valence-corrected chi connectivity index (χ0v) is 12.7. The average molecular weight is 325 g/mol. The number of thiophene rings is 1. The molecule has 0 aliphatic carbocycles. The lowest BCUT2D eigenvalue weighted by atomic mass is 10.1. The molecule has 1 aromatic heterocycles. The normalized spacial score (nSPS) is 21.0. The molecule has 0 amide bonds. The summed E-state index contributed by atoms with van der Waals surface area (Å²) in [6.07, 6.45) is -1.25. The van der Waals surface area contributed by atoms with E-state index in [4.69, 9.17) is 4.74 Å². The molecule has 2 atom stereocenters. The van der Waals surface area contributed by atoms with Gasteiger partial charge >= 0.3 is 0 Å². The molecular formula is C16H17F2NO2S. The molecule has 0 bridgehead atoms. The lowest BCUT2D eigenvalue weighted by molar-refractivity contribution is -0.0427. The van der Waals surface area contributed by atoms with Gasteiger partial charge in [-0.15, -0.1) is 0 Å². The Hall–Kier alpha value is -1.34. The summed E-state index contributed by atoms with van der Waals surface area (Å²) in [5.74, 6) is -1.43. The van der Waals surface area contributed by atoms with E-state index in [9.17, 15) is 13.9 Å². The van der Waals surface area contributed by atoms with Crippen LogP contribution in [0.25, 0.3) is 0 Å². The Balaban J connectivity index is 1.67. The van der Waals surface area contributed by atoms with Crippen LogP contribution in [0.3, 0.4) is 0 Å². The van der Waals surface area contributed by atoms with Gasteiger partial charge in [-0.2, -0.15) is 11.3 Å².